The van der Waals surface area contributed by atoms with Gasteiger partial charge < -0.3 is 25.4 Å². The highest BCUT2D eigenvalue weighted by molar-refractivity contribution is 5.99. The van der Waals surface area contributed by atoms with E-state index in [4.69, 9.17) is 4.74 Å². The molecule has 7 atom stereocenters. The summed E-state index contributed by atoms with van der Waals surface area (Å²) in [4.78, 5) is 44.4. The lowest BCUT2D eigenvalue weighted by molar-refractivity contribution is -0.151. The molecular formula is C34H43N3O5. The third-order valence-corrected chi connectivity index (χ3v) is 10.5. The monoisotopic (exact) mass is 573 g/mol. The van der Waals surface area contributed by atoms with E-state index >= 15 is 0 Å². The van der Waals surface area contributed by atoms with Crippen LogP contribution in [0.15, 0.2) is 60.7 Å². The van der Waals surface area contributed by atoms with Crippen molar-refractivity contribution in [1.82, 2.24) is 15.5 Å². The van der Waals surface area contributed by atoms with Gasteiger partial charge in [0.25, 0.3) is 0 Å². The first-order chi connectivity index (χ1) is 20.3. The molecule has 8 nitrogen and oxygen atoms in total. The summed E-state index contributed by atoms with van der Waals surface area (Å²) < 4.78 is 6.87. The summed E-state index contributed by atoms with van der Waals surface area (Å²) in [6.45, 7) is 4.03. The molecule has 3 aliphatic heterocycles. The molecule has 0 aromatic heterocycles. The summed E-state index contributed by atoms with van der Waals surface area (Å²) in [5.74, 6) is -2.33. The molecule has 8 heteroatoms. The van der Waals surface area contributed by atoms with Gasteiger partial charge in [0, 0.05) is 12.6 Å². The van der Waals surface area contributed by atoms with Crippen LogP contribution in [0.25, 0.3) is 0 Å². The second-order valence-electron chi connectivity index (χ2n) is 13.0. The largest absolute Gasteiger partial charge is 0.394 e. The Bertz CT molecular complexity index is 1300. The molecule has 224 valence electrons. The van der Waals surface area contributed by atoms with Crippen molar-refractivity contribution >= 4 is 17.7 Å². The Morgan fingerprint density at radius 1 is 1.00 bits per heavy atom. The standard InChI is InChI=1S/C34H43N3O5/c1-22-19-34-28(27(33(22,2)42-34)30(39)35-20-24-14-8-4-9-15-24)32(41)37(26(21-38)18-23-12-6-3-7-13-23)29(34)31(40)36-25-16-10-5-11-17-25/h3-4,6-9,12-15,22,25-29,38H,5,10-11,16-21H2,1-2H3,(H,35,39)(H,36,40)/t22?,26-,27-,28+,29?,33+,34?/m1/s1. The van der Waals surface area contributed by atoms with Crippen LogP contribution in [0.1, 0.15) is 63.5 Å². The van der Waals surface area contributed by atoms with Gasteiger partial charge in [0.15, 0.2) is 0 Å². The van der Waals surface area contributed by atoms with Crippen molar-refractivity contribution in [3.63, 3.8) is 0 Å². The van der Waals surface area contributed by atoms with Crippen molar-refractivity contribution < 1.29 is 24.2 Å². The molecule has 1 saturated carbocycles. The van der Waals surface area contributed by atoms with Crippen LogP contribution in [0.4, 0.5) is 0 Å². The normalized spacial score (nSPS) is 32.9. The summed E-state index contributed by atoms with van der Waals surface area (Å²) in [7, 11) is 0. The molecule has 4 fully saturated rings. The number of aliphatic hydroxyl groups excluding tert-OH is 1. The minimum atomic E-state index is -1.14. The number of rotatable bonds is 9. The quantitative estimate of drug-likeness (QED) is 0.427. The maximum Gasteiger partial charge on any atom is 0.246 e. The van der Waals surface area contributed by atoms with Crippen LogP contribution in [-0.2, 0) is 32.1 Å². The fraction of sp³-hybridized carbons (Fsp3) is 0.559. The fourth-order valence-corrected chi connectivity index (χ4v) is 8.33. The molecule has 3 saturated heterocycles. The Morgan fingerprint density at radius 3 is 2.29 bits per heavy atom. The van der Waals surface area contributed by atoms with Gasteiger partial charge in [-0.05, 0) is 49.7 Å². The summed E-state index contributed by atoms with van der Waals surface area (Å²) in [5.41, 5.74) is -0.0868. The summed E-state index contributed by atoms with van der Waals surface area (Å²) in [6.07, 6.45) is 6.02. The molecule has 3 N–H and O–H groups in total. The first-order valence-electron chi connectivity index (χ1n) is 15.6. The highest BCUT2D eigenvalue weighted by Gasteiger charge is 2.80. The average Bonchev–Trinajstić information content (AvgIpc) is 3.52. The Balaban J connectivity index is 1.36. The molecule has 2 bridgehead atoms. The zero-order valence-corrected chi connectivity index (χ0v) is 24.6. The maximum absolute atomic E-state index is 14.6. The SMILES string of the molecule is CC1CC23O[C@]1(C)[C@@H](C(=O)NCc1ccccc1)[C@H]2C(=O)N([C@@H](CO)Cc1ccccc1)C3C(=O)NC1CCCCC1. The molecule has 6 rings (SSSR count). The predicted octanol–water partition coefficient (Wildman–Crippen LogP) is 3.37. The third kappa shape index (κ3) is 4.82. The number of amides is 3. The molecule has 2 aromatic rings. The predicted molar refractivity (Wildman–Crippen MR) is 158 cm³/mol. The number of carbonyl (C=O) groups is 3. The van der Waals surface area contributed by atoms with E-state index in [1.807, 2.05) is 67.6 Å². The van der Waals surface area contributed by atoms with Crippen LogP contribution in [-0.4, -0.2) is 63.7 Å². The van der Waals surface area contributed by atoms with Gasteiger partial charge in [-0.25, -0.2) is 0 Å². The van der Waals surface area contributed by atoms with Crippen LogP contribution in [0.3, 0.4) is 0 Å². The van der Waals surface area contributed by atoms with Gasteiger partial charge >= 0.3 is 0 Å². The van der Waals surface area contributed by atoms with E-state index in [-0.39, 0.29) is 36.3 Å². The highest BCUT2D eigenvalue weighted by Crippen LogP contribution is 2.65. The van der Waals surface area contributed by atoms with E-state index in [1.165, 1.54) is 0 Å². The van der Waals surface area contributed by atoms with Crippen molar-refractivity contribution in [2.24, 2.45) is 17.8 Å². The van der Waals surface area contributed by atoms with Crippen molar-refractivity contribution in [1.29, 1.82) is 0 Å². The molecular weight excluding hydrogens is 530 g/mol. The molecule has 1 spiro atoms. The molecule has 0 radical (unpaired) electrons. The minimum absolute atomic E-state index is 0.0411. The van der Waals surface area contributed by atoms with Gasteiger partial charge in [-0.1, -0.05) is 86.8 Å². The summed E-state index contributed by atoms with van der Waals surface area (Å²) >= 11 is 0. The number of nitrogens with one attached hydrogen (secondary N) is 2. The van der Waals surface area contributed by atoms with Gasteiger partial charge in [0.05, 0.1) is 30.1 Å². The lowest BCUT2D eigenvalue weighted by Crippen LogP contribution is -2.59. The van der Waals surface area contributed by atoms with Gasteiger partial charge in [0.2, 0.25) is 17.7 Å². The Labute approximate surface area is 248 Å². The smallest absolute Gasteiger partial charge is 0.246 e. The molecule has 3 heterocycles. The van der Waals surface area contributed by atoms with Crippen LogP contribution < -0.4 is 10.6 Å². The first kappa shape index (κ1) is 28.9. The van der Waals surface area contributed by atoms with Gasteiger partial charge in [-0.2, -0.15) is 0 Å². The number of likely N-dealkylation sites (tertiary alicyclic amines) is 1. The number of hydrogen-bond acceptors (Lipinski definition) is 5. The number of nitrogens with zero attached hydrogens (tertiary/aromatic N) is 1. The van der Waals surface area contributed by atoms with Crippen molar-refractivity contribution in [2.45, 2.75) is 94.7 Å². The zero-order chi connectivity index (χ0) is 29.5. The van der Waals surface area contributed by atoms with Gasteiger partial charge in [-0.3, -0.25) is 14.4 Å². The van der Waals surface area contributed by atoms with Crippen LogP contribution >= 0.6 is 0 Å². The molecule has 3 amide bonds. The highest BCUT2D eigenvalue weighted by atomic mass is 16.5. The second-order valence-corrected chi connectivity index (χ2v) is 13.0. The number of hydrogen-bond donors (Lipinski definition) is 3. The number of carbonyl (C=O) groups excluding carboxylic acids is 3. The second kappa shape index (κ2) is 11.5. The van der Waals surface area contributed by atoms with E-state index in [2.05, 4.69) is 17.6 Å². The molecule has 2 aromatic carbocycles. The average molecular weight is 574 g/mol. The topological polar surface area (TPSA) is 108 Å². The molecule has 4 aliphatic rings. The van der Waals surface area contributed by atoms with E-state index in [0.717, 1.165) is 43.2 Å². The zero-order valence-electron chi connectivity index (χ0n) is 24.6. The Morgan fingerprint density at radius 2 is 1.64 bits per heavy atom. The first-order valence-corrected chi connectivity index (χ1v) is 15.6. The maximum atomic E-state index is 14.6. The molecule has 1 aliphatic carbocycles. The van der Waals surface area contributed by atoms with E-state index in [0.29, 0.717) is 19.4 Å². The number of fused-ring (bicyclic) bond motifs is 1. The van der Waals surface area contributed by atoms with Crippen molar-refractivity contribution in [2.75, 3.05) is 6.61 Å². The van der Waals surface area contributed by atoms with Crippen molar-refractivity contribution in [3.05, 3.63) is 71.8 Å². The van der Waals surface area contributed by atoms with Gasteiger partial charge in [-0.15, -0.1) is 0 Å². The van der Waals surface area contributed by atoms with E-state index in [9.17, 15) is 19.5 Å². The Kier molecular flexibility index (Phi) is 7.87. The number of aliphatic hydroxyl groups is 1. The van der Waals surface area contributed by atoms with Crippen molar-refractivity contribution in [3.8, 4) is 0 Å². The van der Waals surface area contributed by atoms with E-state index in [1.54, 1.807) is 4.90 Å². The summed E-state index contributed by atoms with van der Waals surface area (Å²) in [5, 5.41) is 17.0. The molecule has 42 heavy (non-hydrogen) atoms. The lowest BCUT2D eigenvalue weighted by Gasteiger charge is -2.38. The van der Waals surface area contributed by atoms with E-state index < -0.39 is 35.1 Å². The Hall–Kier alpha value is -3.23. The lowest BCUT2D eigenvalue weighted by atomic mass is 9.62. The van der Waals surface area contributed by atoms with Crippen LogP contribution in [0.5, 0.6) is 0 Å². The van der Waals surface area contributed by atoms with Gasteiger partial charge in [0.1, 0.15) is 11.6 Å². The third-order valence-electron chi connectivity index (χ3n) is 10.5. The number of benzene rings is 2. The van der Waals surface area contributed by atoms with Crippen LogP contribution in [0.2, 0.25) is 0 Å². The summed E-state index contributed by atoms with van der Waals surface area (Å²) in [6, 6.07) is 17.9. The molecule has 3 unspecified atom stereocenters. The number of ether oxygens (including phenoxy) is 1. The fourth-order valence-electron chi connectivity index (χ4n) is 8.33. The minimum Gasteiger partial charge on any atom is -0.394 e. The van der Waals surface area contributed by atoms with Crippen LogP contribution in [0, 0.1) is 17.8 Å².